The van der Waals surface area contributed by atoms with Gasteiger partial charge in [0.25, 0.3) is 0 Å². The molecule has 1 aromatic rings. The number of hydrogen-bond donors (Lipinski definition) is 0. The molecule has 1 saturated carbocycles. The minimum atomic E-state index is -1.09. The van der Waals surface area contributed by atoms with E-state index in [0.29, 0.717) is 19.4 Å². The molecule has 0 amide bonds. The molecular weight excluding hydrogens is 264 g/mol. The number of carbonyl (C=O) groups excluding carboxylic acids is 1. The van der Waals surface area contributed by atoms with Crippen molar-refractivity contribution >= 4 is 5.97 Å². The molecule has 0 heterocycles. The molecule has 1 aliphatic rings. The summed E-state index contributed by atoms with van der Waals surface area (Å²) in [4.78, 5) is 11.7. The van der Waals surface area contributed by atoms with Crippen LogP contribution in [-0.2, 0) is 9.53 Å². The highest BCUT2D eigenvalue weighted by molar-refractivity contribution is 5.70. The second-order valence-electron chi connectivity index (χ2n) is 5.45. The maximum Gasteiger partial charge on any atom is 0.306 e. The smallest absolute Gasteiger partial charge is 0.306 e. The number of nitriles is 2. The first kappa shape index (κ1) is 15.1. The summed E-state index contributed by atoms with van der Waals surface area (Å²) in [5.74, 6) is -0.451. The van der Waals surface area contributed by atoms with Crippen LogP contribution in [0.25, 0.3) is 0 Å². The minimum absolute atomic E-state index is 0.137. The first-order valence-corrected chi connectivity index (χ1v) is 7.18. The van der Waals surface area contributed by atoms with E-state index in [0.717, 1.165) is 5.56 Å². The predicted octanol–water partition coefficient (Wildman–Crippen LogP) is 3.17. The molecule has 0 saturated heterocycles. The van der Waals surface area contributed by atoms with Gasteiger partial charge in [-0.3, -0.25) is 4.79 Å². The summed E-state index contributed by atoms with van der Waals surface area (Å²) in [5, 5.41) is 18.9. The van der Waals surface area contributed by atoms with Crippen LogP contribution in [0, 0.1) is 34.0 Å². The third kappa shape index (κ3) is 3.06. The Kier molecular flexibility index (Phi) is 4.60. The fraction of sp³-hybridized carbons (Fsp3) is 0.471. The second kappa shape index (κ2) is 6.41. The van der Waals surface area contributed by atoms with E-state index in [4.69, 9.17) is 4.74 Å². The summed E-state index contributed by atoms with van der Waals surface area (Å²) in [5.41, 5.74) is 0.0338. The molecule has 1 fully saturated rings. The average Bonchev–Trinajstić information content (AvgIpc) is 2.87. The molecule has 4 nitrogen and oxygen atoms in total. The van der Waals surface area contributed by atoms with Crippen molar-refractivity contribution in [1.29, 1.82) is 10.5 Å². The molecule has 0 aromatic heterocycles. The maximum absolute atomic E-state index is 11.7. The van der Waals surface area contributed by atoms with Crippen LogP contribution in [0.5, 0.6) is 0 Å². The van der Waals surface area contributed by atoms with Crippen LogP contribution in [0.2, 0.25) is 0 Å². The highest BCUT2D eigenvalue weighted by atomic mass is 16.5. The van der Waals surface area contributed by atoms with Gasteiger partial charge in [0.05, 0.1) is 25.2 Å². The molecular formula is C17H18N2O2. The lowest BCUT2D eigenvalue weighted by Crippen LogP contribution is -2.24. The lowest BCUT2D eigenvalue weighted by atomic mass is 9.79. The van der Waals surface area contributed by atoms with Gasteiger partial charge in [-0.1, -0.05) is 30.3 Å². The molecule has 108 valence electrons. The number of esters is 1. The van der Waals surface area contributed by atoms with Crippen molar-refractivity contribution in [2.75, 3.05) is 6.61 Å². The fourth-order valence-corrected chi connectivity index (χ4v) is 3.14. The third-order valence-corrected chi connectivity index (χ3v) is 4.22. The highest BCUT2D eigenvalue weighted by Crippen LogP contribution is 2.51. The van der Waals surface area contributed by atoms with E-state index >= 15 is 0 Å². The molecule has 21 heavy (non-hydrogen) atoms. The second-order valence-corrected chi connectivity index (χ2v) is 5.45. The van der Waals surface area contributed by atoms with Gasteiger partial charge in [0, 0.05) is 5.92 Å². The maximum atomic E-state index is 11.7. The molecule has 0 N–H and O–H groups in total. The monoisotopic (exact) mass is 282 g/mol. The third-order valence-electron chi connectivity index (χ3n) is 4.22. The fourth-order valence-electron chi connectivity index (χ4n) is 3.14. The topological polar surface area (TPSA) is 73.9 Å². The standard InChI is InChI=1S/C17H18N2O2/c1-2-21-16(20)9-15-8-14(10-17(15,11-18)12-19)13-6-4-3-5-7-13/h3-7,14-15H,2,8-10H2,1H3/t14-,15-/m0/s1. The van der Waals surface area contributed by atoms with Crippen molar-refractivity contribution in [2.45, 2.75) is 32.1 Å². The molecule has 2 rings (SSSR count). The van der Waals surface area contributed by atoms with E-state index in [1.165, 1.54) is 0 Å². The Morgan fingerprint density at radius 2 is 2.00 bits per heavy atom. The lowest BCUT2D eigenvalue weighted by molar-refractivity contribution is -0.144. The summed E-state index contributed by atoms with van der Waals surface area (Å²) >= 11 is 0. The van der Waals surface area contributed by atoms with Crippen LogP contribution in [0.15, 0.2) is 30.3 Å². The molecule has 0 radical (unpaired) electrons. The van der Waals surface area contributed by atoms with Crippen molar-refractivity contribution in [3.8, 4) is 12.1 Å². The molecule has 0 bridgehead atoms. The van der Waals surface area contributed by atoms with E-state index < -0.39 is 5.41 Å². The van der Waals surface area contributed by atoms with Gasteiger partial charge in [-0.2, -0.15) is 10.5 Å². The molecule has 0 aliphatic heterocycles. The van der Waals surface area contributed by atoms with E-state index in [-0.39, 0.29) is 24.2 Å². The van der Waals surface area contributed by atoms with Gasteiger partial charge < -0.3 is 4.74 Å². The molecule has 1 aliphatic carbocycles. The summed E-state index contributed by atoms with van der Waals surface area (Å²) in [6.07, 6.45) is 1.29. The summed E-state index contributed by atoms with van der Waals surface area (Å²) in [6.45, 7) is 2.07. The largest absolute Gasteiger partial charge is 0.466 e. The molecule has 0 spiro atoms. The van der Waals surface area contributed by atoms with Crippen LogP contribution in [0.4, 0.5) is 0 Å². The Balaban J connectivity index is 2.21. The average molecular weight is 282 g/mol. The van der Waals surface area contributed by atoms with Gasteiger partial charge in [-0.05, 0) is 31.2 Å². The van der Waals surface area contributed by atoms with Gasteiger partial charge in [0.1, 0.15) is 5.41 Å². The van der Waals surface area contributed by atoms with Crippen molar-refractivity contribution < 1.29 is 9.53 Å². The number of carbonyl (C=O) groups is 1. The van der Waals surface area contributed by atoms with E-state index in [1.807, 2.05) is 30.3 Å². The van der Waals surface area contributed by atoms with Crippen LogP contribution >= 0.6 is 0 Å². The van der Waals surface area contributed by atoms with Gasteiger partial charge >= 0.3 is 5.97 Å². The Labute approximate surface area is 125 Å². The molecule has 2 atom stereocenters. The van der Waals surface area contributed by atoms with Crippen molar-refractivity contribution in [3.63, 3.8) is 0 Å². The zero-order valence-electron chi connectivity index (χ0n) is 12.1. The quantitative estimate of drug-likeness (QED) is 0.795. The number of benzene rings is 1. The summed E-state index contributed by atoms with van der Waals surface area (Å²) in [7, 11) is 0. The lowest BCUT2D eigenvalue weighted by Gasteiger charge is -2.19. The van der Waals surface area contributed by atoms with Crippen LogP contribution in [0.1, 0.15) is 37.7 Å². The number of nitrogens with zero attached hydrogens (tertiary/aromatic N) is 2. The van der Waals surface area contributed by atoms with E-state index in [9.17, 15) is 15.3 Å². The zero-order chi connectivity index (χ0) is 15.3. The van der Waals surface area contributed by atoms with Gasteiger partial charge in [-0.25, -0.2) is 0 Å². The number of ether oxygens (including phenoxy) is 1. The van der Waals surface area contributed by atoms with E-state index in [1.54, 1.807) is 6.92 Å². The number of rotatable bonds is 4. The van der Waals surface area contributed by atoms with Crippen LogP contribution in [-0.4, -0.2) is 12.6 Å². The van der Waals surface area contributed by atoms with Crippen molar-refractivity contribution in [2.24, 2.45) is 11.3 Å². The first-order chi connectivity index (χ1) is 10.1. The summed E-state index contributed by atoms with van der Waals surface area (Å²) in [6, 6.07) is 14.2. The Morgan fingerprint density at radius 1 is 1.33 bits per heavy atom. The van der Waals surface area contributed by atoms with Crippen molar-refractivity contribution in [3.05, 3.63) is 35.9 Å². The zero-order valence-corrected chi connectivity index (χ0v) is 12.1. The SMILES string of the molecule is CCOC(=O)C[C@@H]1C[C@H](c2ccccc2)CC1(C#N)C#N. The normalized spacial score (nSPS) is 23.0. The first-order valence-electron chi connectivity index (χ1n) is 7.18. The van der Waals surface area contributed by atoms with E-state index in [2.05, 4.69) is 12.1 Å². The highest BCUT2D eigenvalue weighted by Gasteiger charge is 2.49. The van der Waals surface area contributed by atoms with Gasteiger partial charge in [0.15, 0.2) is 0 Å². The molecule has 0 unspecified atom stereocenters. The van der Waals surface area contributed by atoms with Crippen molar-refractivity contribution in [1.82, 2.24) is 0 Å². The summed E-state index contributed by atoms with van der Waals surface area (Å²) < 4.78 is 4.97. The van der Waals surface area contributed by atoms with Crippen LogP contribution < -0.4 is 0 Å². The van der Waals surface area contributed by atoms with Gasteiger partial charge in [0.2, 0.25) is 0 Å². The predicted molar refractivity (Wildman–Crippen MR) is 76.8 cm³/mol. The Bertz CT molecular complexity index is 569. The Hall–Kier alpha value is -2.33. The molecule has 4 heteroatoms. The molecule has 1 aromatic carbocycles. The number of hydrogen-bond acceptors (Lipinski definition) is 4. The Morgan fingerprint density at radius 3 is 2.57 bits per heavy atom. The van der Waals surface area contributed by atoms with Crippen LogP contribution in [0.3, 0.4) is 0 Å². The minimum Gasteiger partial charge on any atom is -0.466 e. The van der Waals surface area contributed by atoms with Gasteiger partial charge in [-0.15, -0.1) is 0 Å².